The molecule has 0 unspecified atom stereocenters. The van der Waals surface area contributed by atoms with Crippen molar-refractivity contribution in [1.29, 1.82) is 0 Å². The number of nitro groups is 1. The SMILES string of the molecule is COc1cc2ccnc(Cc3ccc(OCc4ccccc4)c(OC)c3[N+](=O)[O-])c2cc1OCc1ccccc1. The zero-order valence-corrected chi connectivity index (χ0v) is 22.2. The monoisotopic (exact) mass is 536 g/mol. The summed E-state index contributed by atoms with van der Waals surface area (Å²) in [5.41, 5.74) is 2.93. The maximum Gasteiger partial charge on any atom is 0.318 e. The largest absolute Gasteiger partial charge is 0.493 e. The van der Waals surface area contributed by atoms with E-state index in [0.29, 0.717) is 35.1 Å². The molecule has 1 aromatic heterocycles. The fraction of sp³-hybridized carbons (Fsp3) is 0.156. The first kappa shape index (κ1) is 26.5. The third kappa shape index (κ3) is 5.81. The van der Waals surface area contributed by atoms with Crippen LogP contribution in [0.2, 0.25) is 0 Å². The highest BCUT2D eigenvalue weighted by molar-refractivity contribution is 5.88. The predicted octanol–water partition coefficient (Wildman–Crippen LogP) is 6.91. The maximum atomic E-state index is 12.3. The number of aromatic nitrogens is 1. The van der Waals surface area contributed by atoms with E-state index in [1.165, 1.54) is 7.11 Å². The molecule has 202 valence electrons. The first-order valence-electron chi connectivity index (χ1n) is 12.7. The van der Waals surface area contributed by atoms with Gasteiger partial charge < -0.3 is 18.9 Å². The number of hydrogen-bond acceptors (Lipinski definition) is 7. The van der Waals surface area contributed by atoms with E-state index < -0.39 is 4.92 Å². The standard InChI is InChI=1S/C32H28N2O6/c1-37-29-18-24-15-16-33-27(26(24)19-30(29)40-21-23-11-7-4-8-12-23)17-25-13-14-28(32(38-2)31(25)34(35)36)39-20-22-9-5-3-6-10-22/h3-16,18-19H,17,20-21H2,1-2H3. The molecule has 1 heterocycles. The van der Waals surface area contributed by atoms with Crippen LogP contribution in [0.5, 0.6) is 23.0 Å². The lowest BCUT2D eigenvalue weighted by atomic mass is 10.0. The normalized spacial score (nSPS) is 10.8. The number of hydrogen-bond donors (Lipinski definition) is 0. The first-order chi connectivity index (χ1) is 19.6. The molecule has 40 heavy (non-hydrogen) atoms. The minimum atomic E-state index is -0.438. The Labute approximate surface area is 231 Å². The molecule has 0 spiro atoms. The van der Waals surface area contributed by atoms with Crippen LogP contribution in [0, 0.1) is 10.1 Å². The van der Waals surface area contributed by atoms with Crippen LogP contribution in [0.1, 0.15) is 22.4 Å². The number of rotatable bonds is 11. The molecular formula is C32H28N2O6. The Morgan fingerprint density at radius 2 is 1.40 bits per heavy atom. The Bertz CT molecular complexity index is 1620. The van der Waals surface area contributed by atoms with Gasteiger partial charge in [-0.05, 0) is 46.8 Å². The van der Waals surface area contributed by atoms with Crippen molar-refractivity contribution < 1.29 is 23.9 Å². The van der Waals surface area contributed by atoms with Crippen molar-refractivity contribution in [2.45, 2.75) is 19.6 Å². The summed E-state index contributed by atoms with van der Waals surface area (Å²) in [5, 5.41) is 13.9. The van der Waals surface area contributed by atoms with Gasteiger partial charge in [-0.15, -0.1) is 0 Å². The van der Waals surface area contributed by atoms with Crippen molar-refractivity contribution in [2.75, 3.05) is 14.2 Å². The maximum absolute atomic E-state index is 12.3. The lowest BCUT2D eigenvalue weighted by molar-refractivity contribution is -0.386. The van der Waals surface area contributed by atoms with Gasteiger partial charge in [-0.3, -0.25) is 15.1 Å². The summed E-state index contributed by atoms with van der Waals surface area (Å²) in [7, 11) is 3.00. The number of methoxy groups -OCH3 is 2. The van der Waals surface area contributed by atoms with Gasteiger partial charge in [0.05, 0.1) is 24.8 Å². The van der Waals surface area contributed by atoms with E-state index in [1.807, 2.05) is 78.9 Å². The van der Waals surface area contributed by atoms with E-state index in [2.05, 4.69) is 4.98 Å². The zero-order valence-electron chi connectivity index (χ0n) is 22.2. The van der Waals surface area contributed by atoms with Crippen molar-refractivity contribution >= 4 is 16.5 Å². The molecule has 8 heteroatoms. The average molecular weight is 537 g/mol. The number of benzene rings is 4. The number of ether oxygens (including phenoxy) is 4. The van der Waals surface area contributed by atoms with E-state index in [-0.39, 0.29) is 24.5 Å². The van der Waals surface area contributed by atoms with Gasteiger partial charge in [-0.2, -0.15) is 0 Å². The summed E-state index contributed by atoms with van der Waals surface area (Å²) in [6, 6.07) is 28.4. The van der Waals surface area contributed by atoms with Crippen LogP contribution < -0.4 is 18.9 Å². The molecule has 0 aliphatic carbocycles. The van der Waals surface area contributed by atoms with Crippen molar-refractivity contribution in [3.8, 4) is 23.0 Å². The lowest BCUT2D eigenvalue weighted by Crippen LogP contribution is -2.05. The van der Waals surface area contributed by atoms with Crippen LogP contribution in [-0.4, -0.2) is 24.1 Å². The zero-order chi connectivity index (χ0) is 27.9. The molecule has 0 N–H and O–H groups in total. The van der Waals surface area contributed by atoms with Crippen molar-refractivity contribution in [2.24, 2.45) is 0 Å². The van der Waals surface area contributed by atoms with Gasteiger partial charge in [0.2, 0.25) is 5.75 Å². The fourth-order valence-corrected chi connectivity index (χ4v) is 4.55. The Kier molecular flexibility index (Phi) is 8.06. The van der Waals surface area contributed by atoms with Gasteiger partial charge in [0, 0.05) is 23.6 Å². The first-order valence-corrected chi connectivity index (χ1v) is 12.7. The molecule has 0 aliphatic rings. The van der Waals surface area contributed by atoms with Crippen LogP contribution in [-0.2, 0) is 19.6 Å². The Morgan fingerprint density at radius 3 is 2.00 bits per heavy atom. The van der Waals surface area contributed by atoms with Gasteiger partial charge in [-0.1, -0.05) is 60.7 Å². The Balaban J connectivity index is 1.48. The summed E-state index contributed by atoms with van der Waals surface area (Å²) in [6.07, 6.45) is 1.88. The van der Waals surface area contributed by atoms with E-state index in [1.54, 1.807) is 25.4 Å². The molecular weight excluding hydrogens is 508 g/mol. The van der Waals surface area contributed by atoms with E-state index in [9.17, 15) is 10.1 Å². The third-order valence-corrected chi connectivity index (χ3v) is 6.53. The quantitative estimate of drug-likeness (QED) is 0.134. The smallest absolute Gasteiger partial charge is 0.318 e. The number of nitrogens with zero attached hydrogens (tertiary/aromatic N) is 2. The summed E-state index contributed by atoms with van der Waals surface area (Å²) in [4.78, 5) is 16.4. The molecule has 0 saturated heterocycles. The second-order valence-electron chi connectivity index (χ2n) is 9.07. The van der Waals surface area contributed by atoms with Crippen LogP contribution in [0.4, 0.5) is 5.69 Å². The minimum Gasteiger partial charge on any atom is -0.493 e. The van der Waals surface area contributed by atoms with Crippen molar-refractivity contribution in [3.05, 3.63) is 130 Å². The third-order valence-electron chi connectivity index (χ3n) is 6.53. The van der Waals surface area contributed by atoms with Crippen LogP contribution in [0.3, 0.4) is 0 Å². The van der Waals surface area contributed by atoms with Gasteiger partial charge in [0.15, 0.2) is 17.2 Å². The van der Waals surface area contributed by atoms with Gasteiger partial charge in [0.25, 0.3) is 0 Å². The minimum absolute atomic E-state index is 0.0761. The molecule has 4 aromatic carbocycles. The predicted molar refractivity (Wildman–Crippen MR) is 152 cm³/mol. The fourth-order valence-electron chi connectivity index (χ4n) is 4.55. The van der Waals surface area contributed by atoms with Gasteiger partial charge in [0.1, 0.15) is 13.2 Å². The summed E-state index contributed by atoms with van der Waals surface area (Å²) < 4.78 is 23.1. The van der Waals surface area contributed by atoms with E-state index in [4.69, 9.17) is 18.9 Å². The highest BCUT2D eigenvalue weighted by atomic mass is 16.6. The summed E-state index contributed by atoms with van der Waals surface area (Å²) in [6.45, 7) is 0.623. The van der Waals surface area contributed by atoms with E-state index in [0.717, 1.165) is 21.9 Å². The average Bonchev–Trinajstić information content (AvgIpc) is 2.99. The van der Waals surface area contributed by atoms with Crippen LogP contribution in [0.15, 0.2) is 97.2 Å². The van der Waals surface area contributed by atoms with E-state index >= 15 is 0 Å². The molecule has 5 aromatic rings. The molecule has 0 radical (unpaired) electrons. The number of fused-ring (bicyclic) bond motifs is 1. The summed E-state index contributed by atoms with van der Waals surface area (Å²) >= 11 is 0. The molecule has 0 atom stereocenters. The summed E-state index contributed by atoms with van der Waals surface area (Å²) in [5.74, 6) is 1.53. The Morgan fingerprint density at radius 1 is 0.750 bits per heavy atom. The molecule has 0 aliphatic heterocycles. The van der Waals surface area contributed by atoms with Crippen molar-refractivity contribution in [1.82, 2.24) is 4.98 Å². The second-order valence-corrected chi connectivity index (χ2v) is 9.07. The number of nitro benzene ring substituents is 1. The highest BCUT2D eigenvalue weighted by Crippen LogP contribution is 2.41. The topological polar surface area (TPSA) is 93.0 Å². The molecule has 0 bridgehead atoms. The van der Waals surface area contributed by atoms with Crippen LogP contribution in [0.25, 0.3) is 10.8 Å². The van der Waals surface area contributed by atoms with Crippen molar-refractivity contribution in [3.63, 3.8) is 0 Å². The second kappa shape index (κ2) is 12.2. The number of pyridine rings is 1. The van der Waals surface area contributed by atoms with Crippen LogP contribution >= 0.6 is 0 Å². The lowest BCUT2D eigenvalue weighted by Gasteiger charge is -2.15. The molecule has 0 amide bonds. The molecule has 0 fully saturated rings. The Hall–Kier alpha value is -5.11. The molecule has 0 saturated carbocycles. The molecule has 5 rings (SSSR count). The highest BCUT2D eigenvalue weighted by Gasteiger charge is 2.26. The van der Waals surface area contributed by atoms with Gasteiger partial charge >= 0.3 is 5.69 Å². The van der Waals surface area contributed by atoms with Gasteiger partial charge in [-0.25, -0.2) is 0 Å². The molecule has 8 nitrogen and oxygen atoms in total.